The van der Waals surface area contributed by atoms with Gasteiger partial charge in [0.25, 0.3) is 0 Å². The topological polar surface area (TPSA) is 69.2 Å². The van der Waals surface area contributed by atoms with Crippen molar-refractivity contribution in [2.24, 2.45) is 23.7 Å². The van der Waals surface area contributed by atoms with Crippen LogP contribution < -0.4 is 10.4 Å². The minimum atomic E-state index is -1.10. The summed E-state index contributed by atoms with van der Waals surface area (Å²) < 4.78 is 0. The Morgan fingerprint density at radius 1 is 1.05 bits per heavy atom. The van der Waals surface area contributed by atoms with Gasteiger partial charge in [-0.15, -0.1) is 0 Å². The van der Waals surface area contributed by atoms with Gasteiger partial charge < -0.3 is 15.2 Å². The number of amides is 1. The number of carbonyl (C=O) groups is 2. The highest BCUT2D eigenvalue weighted by molar-refractivity contribution is 5.85. The van der Waals surface area contributed by atoms with Crippen LogP contribution >= 0.6 is 0 Å². The monoisotopic (exact) mass is 298 g/mol. The maximum atomic E-state index is 12.5. The molecule has 0 aromatic heterocycles. The fourth-order valence-electron chi connectivity index (χ4n) is 3.77. The van der Waals surface area contributed by atoms with Crippen LogP contribution in [0, 0.1) is 23.7 Å². The Morgan fingerprint density at radius 2 is 1.68 bits per heavy atom. The van der Waals surface area contributed by atoms with Gasteiger partial charge in [-0.3, -0.25) is 4.79 Å². The van der Waals surface area contributed by atoms with Crippen molar-refractivity contribution >= 4 is 11.9 Å². The van der Waals surface area contributed by atoms with Crippen LogP contribution in [0.1, 0.15) is 18.4 Å². The fourth-order valence-corrected chi connectivity index (χ4v) is 3.77. The first-order chi connectivity index (χ1) is 10.7. The lowest BCUT2D eigenvalue weighted by atomic mass is 9.62. The van der Waals surface area contributed by atoms with Crippen LogP contribution in [0.4, 0.5) is 0 Å². The van der Waals surface area contributed by atoms with Gasteiger partial charge in [0.2, 0.25) is 5.91 Å². The Bertz CT molecular complexity index is 581. The van der Waals surface area contributed by atoms with E-state index in [1.807, 2.05) is 42.5 Å². The van der Waals surface area contributed by atoms with Crippen molar-refractivity contribution in [3.8, 4) is 0 Å². The Kier molecular flexibility index (Phi) is 4.27. The van der Waals surface area contributed by atoms with Crippen LogP contribution in [0.25, 0.3) is 0 Å². The predicted molar refractivity (Wildman–Crippen MR) is 80.5 cm³/mol. The zero-order chi connectivity index (χ0) is 15.5. The van der Waals surface area contributed by atoms with E-state index in [-0.39, 0.29) is 17.7 Å². The van der Waals surface area contributed by atoms with E-state index < -0.39 is 17.8 Å². The van der Waals surface area contributed by atoms with E-state index in [2.05, 4.69) is 5.32 Å². The summed E-state index contributed by atoms with van der Waals surface area (Å²) in [4.78, 5) is 23.9. The second-order valence-corrected chi connectivity index (χ2v) is 6.19. The van der Waals surface area contributed by atoms with Crippen molar-refractivity contribution in [1.29, 1.82) is 0 Å². The minimum Gasteiger partial charge on any atom is -0.550 e. The van der Waals surface area contributed by atoms with Crippen LogP contribution in [0.2, 0.25) is 0 Å². The maximum absolute atomic E-state index is 12.5. The van der Waals surface area contributed by atoms with Crippen LogP contribution in [0.5, 0.6) is 0 Å². The summed E-state index contributed by atoms with van der Waals surface area (Å²) in [5.41, 5.74) is 1.16. The van der Waals surface area contributed by atoms with Gasteiger partial charge in [0, 0.05) is 18.4 Å². The number of allylic oxidation sites excluding steroid dienone is 2. The van der Waals surface area contributed by atoms with Crippen molar-refractivity contribution in [3.05, 3.63) is 48.0 Å². The molecule has 1 aromatic rings. The molecule has 0 spiro atoms. The number of carboxylic acid groups (broad SMARTS) is 1. The van der Waals surface area contributed by atoms with Gasteiger partial charge in [0.15, 0.2) is 0 Å². The Balaban J connectivity index is 1.61. The number of benzene rings is 1. The van der Waals surface area contributed by atoms with Gasteiger partial charge >= 0.3 is 0 Å². The molecule has 2 bridgehead atoms. The van der Waals surface area contributed by atoms with E-state index in [1.165, 1.54) is 0 Å². The average molecular weight is 298 g/mol. The third-order valence-corrected chi connectivity index (χ3v) is 4.88. The summed E-state index contributed by atoms with van der Waals surface area (Å²) in [5, 5.41) is 14.3. The van der Waals surface area contributed by atoms with Crippen molar-refractivity contribution in [2.45, 2.75) is 19.3 Å². The van der Waals surface area contributed by atoms with Gasteiger partial charge in [-0.2, -0.15) is 0 Å². The molecule has 0 unspecified atom stereocenters. The smallest absolute Gasteiger partial charge is 0.224 e. The van der Waals surface area contributed by atoms with Gasteiger partial charge in [0.1, 0.15) is 0 Å². The van der Waals surface area contributed by atoms with Crippen molar-refractivity contribution in [1.82, 2.24) is 5.32 Å². The molecule has 1 aromatic carbocycles. The lowest BCUT2D eigenvalue weighted by Gasteiger charge is -2.44. The fraction of sp³-hybridized carbons (Fsp3) is 0.444. The lowest BCUT2D eigenvalue weighted by molar-refractivity contribution is -0.316. The molecule has 3 aliphatic rings. The number of hydrogen-bond donors (Lipinski definition) is 1. The highest BCUT2D eigenvalue weighted by atomic mass is 16.4. The lowest BCUT2D eigenvalue weighted by Crippen LogP contribution is -2.52. The molecule has 4 heteroatoms. The summed E-state index contributed by atoms with van der Waals surface area (Å²) in [5.74, 6) is -2.43. The first-order valence-corrected chi connectivity index (χ1v) is 7.87. The number of hydrogen-bond acceptors (Lipinski definition) is 3. The number of nitrogens with one attached hydrogen (secondary N) is 1. The molecule has 1 saturated carbocycles. The first-order valence-electron chi connectivity index (χ1n) is 7.87. The number of carboxylic acids is 1. The minimum absolute atomic E-state index is 0.0321. The quantitative estimate of drug-likeness (QED) is 0.822. The van der Waals surface area contributed by atoms with Crippen LogP contribution in [0.3, 0.4) is 0 Å². The molecule has 1 fully saturated rings. The summed E-state index contributed by atoms with van der Waals surface area (Å²) in [6.45, 7) is 0.528. The molecule has 4 atom stereocenters. The van der Waals surface area contributed by atoms with Crippen molar-refractivity contribution < 1.29 is 14.7 Å². The van der Waals surface area contributed by atoms with E-state index in [1.54, 1.807) is 0 Å². The molecule has 116 valence electrons. The molecule has 3 aliphatic carbocycles. The first kappa shape index (κ1) is 14.8. The molecule has 22 heavy (non-hydrogen) atoms. The van der Waals surface area contributed by atoms with Crippen LogP contribution in [0.15, 0.2) is 42.5 Å². The summed E-state index contributed by atoms with van der Waals surface area (Å²) in [6.07, 6.45) is 6.44. The third-order valence-electron chi connectivity index (χ3n) is 4.88. The number of carbonyl (C=O) groups excluding carboxylic acids is 2. The molecular formula is C18H20NO3-. The van der Waals surface area contributed by atoms with Crippen LogP contribution in [-0.4, -0.2) is 18.4 Å². The SMILES string of the molecule is O=C([O-])[C@@H]1[C@H](C(=O)NCCc2ccccc2)[C@@H]2C=C[C@H]1CC2. The average Bonchev–Trinajstić information content (AvgIpc) is 2.55. The third kappa shape index (κ3) is 2.91. The standard InChI is InChI=1S/C18H21NO3/c20-17(19-11-10-12-4-2-1-3-5-12)15-13-6-8-14(9-7-13)16(15)18(21)22/h1-6,8,13-16H,7,9-11H2,(H,19,20)(H,21,22)/p-1/t13-,14+,15-,16+/m1/s1. The van der Waals surface area contributed by atoms with Crippen LogP contribution in [-0.2, 0) is 16.0 Å². The molecule has 0 heterocycles. The van der Waals surface area contributed by atoms with Gasteiger partial charge in [-0.1, -0.05) is 42.5 Å². The number of fused-ring (bicyclic) bond motifs is 2. The summed E-state index contributed by atoms with van der Waals surface area (Å²) in [7, 11) is 0. The Hall–Kier alpha value is -2.10. The summed E-state index contributed by atoms with van der Waals surface area (Å²) >= 11 is 0. The van der Waals surface area contributed by atoms with E-state index >= 15 is 0 Å². The Morgan fingerprint density at radius 3 is 2.27 bits per heavy atom. The summed E-state index contributed by atoms with van der Waals surface area (Å²) in [6, 6.07) is 9.92. The molecule has 0 saturated heterocycles. The second kappa shape index (κ2) is 6.34. The molecule has 4 nitrogen and oxygen atoms in total. The highest BCUT2D eigenvalue weighted by Gasteiger charge is 2.44. The highest BCUT2D eigenvalue weighted by Crippen LogP contribution is 2.44. The predicted octanol–water partition coefficient (Wildman–Crippen LogP) is 0.924. The molecule has 1 amide bonds. The molecule has 1 N–H and O–H groups in total. The van der Waals surface area contributed by atoms with E-state index in [0.717, 1.165) is 24.8 Å². The van der Waals surface area contributed by atoms with E-state index in [9.17, 15) is 14.7 Å². The largest absolute Gasteiger partial charge is 0.550 e. The van der Waals surface area contributed by atoms with Crippen molar-refractivity contribution in [2.75, 3.05) is 6.54 Å². The Labute approximate surface area is 130 Å². The molecule has 4 rings (SSSR count). The maximum Gasteiger partial charge on any atom is 0.224 e. The zero-order valence-corrected chi connectivity index (χ0v) is 12.4. The van der Waals surface area contributed by atoms with Crippen molar-refractivity contribution in [3.63, 3.8) is 0 Å². The zero-order valence-electron chi connectivity index (χ0n) is 12.4. The second-order valence-electron chi connectivity index (χ2n) is 6.19. The van der Waals surface area contributed by atoms with Gasteiger partial charge in [-0.05, 0) is 36.7 Å². The molecule has 0 radical (unpaired) electrons. The number of aliphatic carboxylic acids is 1. The molecular weight excluding hydrogens is 278 g/mol. The normalized spacial score (nSPS) is 29.3. The molecule has 0 aliphatic heterocycles. The van der Waals surface area contributed by atoms with Gasteiger partial charge in [-0.25, -0.2) is 0 Å². The van der Waals surface area contributed by atoms with E-state index in [0.29, 0.717) is 6.54 Å². The number of rotatable bonds is 5. The van der Waals surface area contributed by atoms with Gasteiger partial charge in [0.05, 0.1) is 5.92 Å². The van der Waals surface area contributed by atoms with E-state index in [4.69, 9.17) is 0 Å².